The number of aromatic nitrogens is 2. The lowest BCUT2D eigenvalue weighted by atomic mass is 10.2. The first-order valence-corrected chi connectivity index (χ1v) is 9.92. The van der Waals surface area contributed by atoms with Crippen LogP contribution in [0.3, 0.4) is 0 Å². The van der Waals surface area contributed by atoms with Crippen LogP contribution in [0.15, 0.2) is 60.8 Å². The molecule has 0 spiro atoms. The minimum atomic E-state index is 0.587. The molecule has 0 radical (unpaired) electrons. The molecular weight excluding hydrogens is 370 g/mol. The Morgan fingerprint density at radius 1 is 1.00 bits per heavy atom. The Labute approximate surface area is 171 Å². The molecule has 4 rings (SSSR count). The summed E-state index contributed by atoms with van der Waals surface area (Å²) in [4.78, 5) is 13.8. The van der Waals surface area contributed by atoms with E-state index in [1.54, 1.807) is 6.20 Å². The molecule has 28 heavy (non-hydrogen) atoms. The van der Waals surface area contributed by atoms with Crippen LogP contribution in [0.4, 0.5) is 17.5 Å². The Hall–Kier alpha value is -2.63. The summed E-state index contributed by atoms with van der Waals surface area (Å²) in [6.07, 6.45) is 1.80. The van der Waals surface area contributed by atoms with Crippen LogP contribution in [0.2, 0.25) is 5.02 Å². The summed E-state index contributed by atoms with van der Waals surface area (Å²) in [5.41, 5.74) is 3.30. The van der Waals surface area contributed by atoms with Crippen molar-refractivity contribution in [3.8, 4) is 0 Å². The molecule has 1 aliphatic rings. The number of anilines is 3. The maximum absolute atomic E-state index is 6.21. The van der Waals surface area contributed by atoms with Crippen molar-refractivity contribution in [2.75, 3.05) is 36.4 Å². The molecule has 2 aromatic carbocycles. The van der Waals surface area contributed by atoms with Gasteiger partial charge in [-0.25, -0.2) is 4.98 Å². The summed E-state index contributed by atoms with van der Waals surface area (Å²) in [7, 11) is 0. The Balaban J connectivity index is 1.37. The number of aryl methyl sites for hydroxylation is 1. The third-order valence-electron chi connectivity index (χ3n) is 5.01. The van der Waals surface area contributed by atoms with E-state index in [0.29, 0.717) is 5.95 Å². The Morgan fingerprint density at radius 2 is 1.79 bits per heavy atom. The van der Waals surface area contributed by atoms with Gasteiger partial charge in [0.15, 0.2) is 0 Å². The lowest BCUT2D eigenvalue weighted by Gasteiger charge is -2.35. The zero-order valence-electron chi connectivity index (χ0n) is 16.0. The highest BCUT2D eigenvalue weighted by molar-refractivity contribution is 6.31. The lowest BCUT2D eigenvalue weighted by Crippen LogP contribution is -2.46. The first-order valence-electron chi connectivity index (χ1n) is 9.55. The quantitative estimate of drug-likeness (QED) is 0.691. The second-order valence-corrected chi connectivity index (χ2v) is 7.48. The van der Waals surface area contributed by atoms with Crippen LogP contribution in [0.1, 0.15) is 11.1 Å². The summed E-state index contributed by atoms with van der Waals surface area (Å²) in [5.74, 6) is 1.54. The topological polar surface area (TPSA) is 44.3 Å². The van der Waals surface area contributed by atoms with Crippen molar-refractivity contribution in [2.45, 2.75) is 13.5 Å². The molecular formula is C22H24ClN5. The van der Waals surface area contributed by atoms with E-state index < -0.39 is 0 Å². The van der Waals surface area contributed by atoms with E-state index in [0.717, 1.165) is 54.8 Å². The van der Waals surface area contributed by atoms with E-state index in [1.807, 2.05) is 31.2 Å². The number of hydrogen-bond acceptors (Lipinski definition) is 5. The van der Waals surface area contributed by atoms with Gasteiger partial charge in [-0.3, -0.25) is 4.90 Å². The smallest absolute Gasteiger partial charge is 0.229 e. The zero-order chi connectivity index (χ0) is 19.3. The van der Waals surface area contributed by atoms with Gasteiger partial charge in [0.1, 0.15) is 5.82 Å². The van der Waals surface area contributed by atoms with Crippen molar-refractivity contribution in [2.24, 2.45) is 0 Å². The van der Waals surface area contributed by atoms with Gasteiger partial charge in [-0.15, -0.1) is 0 Å². The predicted octanol–water partition coefficient (Wildman–Crippen LogP) is 4.50. The van der Waals surface area contributed by atoms with Gasteiger partial charge >= 0.3 is 0 Å². The number of hydrogen-bond donors (Lipinski definition) is 1. The minimum absolute atomic E-state index is 0.587. The van der Waals surface area contributed by atoms with E-state index in [9.17, 15) is 0 Å². The van der Waals surface area contributed by atoms with E-state index in [1.165, 1.54) is 5.56 Å². The minimum Gasteiger partial charge on any atom is -0.354 e. The third-order valence-corrected chi connectivity index (χ3v) is 5.42. The Kier molecular flexibility index (Phi) is 5.74. The molecule has 0 unspecified atom stereocenters. The van der Waals surface area contributed by atoms with Crippen LogP contribution in [0.25, 0.3) is 0 Å². The van der Waals surface area contributed by atoms with E-state index in [-0.39, 0.29) is 0 Å². The fourth-order valence-corrected chi connectivity index (χ4v) is 3.54. The van der Waals surface area contributed by atoms with Gasteiger partial charge in [0.05, 0.1) is 0 Å². The van der Waals surface area contributed by atoms with Gasteiger partial charge in [0.25, 0.3) is 0 Å². The van der Waals surface area contributed by atoms with Crippen molar-refractivity contribution in [3.05, 3.63) is 76.9 Å². The van der Waals surface area contributed by atoms with Crippen molar-refractivity contribution >= 4 is 29.1 Å². The highest BCUT2D eigenvalue weighted by Gasteiger charge is 2.18. The number of piperazine rings is 1. The van der Waals surface area contributed by atoms with Crippen LogP contribution in [-0.2, 0) is 6.54 Å². The standard InChI is InChI=1S/C22H24ClN5/c1-17-7-8-19(15-20(17)23)25-22-24-10-9-21(26-22)28-13-11-27(12-14-28)16-18-5-3-2-4-6-18/h2-10,15H,11-14,16H2,1H3,(H,24,25,26). The summed E-state index contributed by atoms with van der Waals surface area (Å²) in [5, 5.41) is 3.98. The largest absolute Gasteiger partial charge is 0.354 e. The molecule has 5 nitrogen and oxygen atoms in total. The lowest BCUT2D eigenvalue weighted by molar-refractivity contribution is 0.249. The molecule has 1 fully saturated rings. The molecule has 0 atom stereocenters. The molecule has 144 valence electrons. The molecule has 0 amide bonds. The normalized spacial score (nSPS) is 14.9. The Morgan fingerprint density at radius 3 is 2.54 bits per heavy atom. The number of nitrogens with zero attached hydrogens (tertiary/aromatic N) is 4. The number of rotatable bonds is 5. The highest BCUT2D eigenvalue weighted by Crippen LogP contribution is 2.23. The molecule has 1 aromatic heterocycles. The molecule has 1 saturated heterocycles. The molecule has 3 aromatic rings. The van der Waals surface area contributed by atoms with Gasteiger partial charge in [-0.2, -0.15) is 4.98 Å². The van der Waals surface area contributed by atoms with E-state index in [2.05, 4.69) is 50.4 Å². The highest BCUT2D eigenvalue weighted by atomic mass is 35.5. The molecule has 0 bridgehead atoms. The fraction of sp³-hybridized carbons (Fsp3) is 0.273. The van der Waals surface area contributed by atoms with Crippen molar-refractivity contribution < 1.29 is 0 Å². The predicted molar refractivity (Wildman–Crippen MR) is 115 cm³/mol. The maximum atomic E-state index is 6.21. The van der Waals surface area contributed by atoms with Crippen LogP contribution in [0, 0.1) is 6.92 Å². The molecule has 1 aliphatic heterocycles. The van der Waals surface area contributed by atoms with E-state index in [4.69, 9.17) is 16.6 Å². The molecule has 6 heteroatoms. The van der Waals surface area contributed by atoms with Crippen LogP contribution in [0.5, 0.6) is 0 Å². The van der Waals surface area contributed by atoms with E-state index >= 15 is 0 Å². The van der Waals surface area contributed by atoms with Gasteiger partial charge in [-0.05, 0) is 36.2 Å². The summed E-state index contributed by atoms with van der Waals surface area (Å²) in [6, 6.07) is 18.5. The van der Waals surface area contributed by atoms with Crippen molar-refractivity contribution in [1.82, 2.24) is 14.9 Å². The monoisotopic (exact) mass is 393 g/mol. The van der Waals surface area contributed by atoms with Crippen LogP contribution < -0.4 is 10.2 Å². The van der Waals surface area contributed by atoms with Gasteiger partial charge in [0.2, 0.25) is 5.95 Å². The molecule has 2 heterocycles. The van der Waals surface area contributed by atoms with Crippen LogP contribution in [-0.4, -0.2) is 41.0 Å². The fourth-order valence-electron chi connectivity index (χ4n) is 3.36. The van der Waals surface area contributed by atoms with Crippen molar-refractivity contribution in [1.29, 1.82) is 0 Å². The number of benzene rings is 2. The SMILES string of the molecule is Cc1ccc(Nc2nccc(N3CCN(Cc4ccccc4)CC3)n2)cc1Cl. The summed E-state index contributed by atoms with van der Waals surface area (Å²) < 4.78 is 0. The second kappa shape index (κ2) is 8.59. The van der Waals surface area contributed by atoms with Crippen molar-refractivity contribution in [3.63, 3.8) is 0 Å². The van der Waals surface area contributed by atoms with Crippen LogP contribution >= 0.6 is 11.6 Å². The van der Waals surface area contributed by atoms with Gasteiger partial charge < -0.3 is 10.2 Å². The average molecular weight is 394 g/mol. The Bertz CT molecular complexity index is 923. The first kappa shape index (κ1) is 18.7. The van der Waals surface area contributed by atoms with Gasteiger partial charge in [0, 0.05) is 49.6 Å². The van der Waals surface area contributed by atoms with Gasteiger partial charge in [-0.1, -0.05) is 48.0 Å². The number of halogens is 1. The zero-order valence-corrected chi connectivity index (χ0v) is 16.7. The average Bonchev–Trinajstić information content (AvgIpc) is 2.72. The molecule has 0 saturated carbocycles. The summed E-state index contributed by atoms with van der Waals surface area (Å²) >= 11 is 6.21. The second-order valence-electron chi connectivity index (χ2n) is 7.08. The summed E-state index contributed by atoms with van der Waals surface area (Å²) in [6.45, 7) is 6.95. The molecule has 0 aliphatic carbocycles. The molecule has 1 N–H and O–H groups in total. The third kappa shape index (κ3) is 4.61. The number of nitrogens with one attached hydrogen (secondary N) is 1. The maximum Gasteiger partial charge on any atom is 0.229 e. The first-order chi connectivity index (χ1) is 13.7.